The first-order chi connectivity index (χ1) is 20.9. The van der Waals surface area contributed by atoms with Gasteiger partial charge in [-0.15, -0.1) is 0 Å². The quantitative estimate of drug-likeness (QED) is 0.305. The molecule has 0 aromatic heterocycles. The van der Waals surface area contributed by atoms with Gasteiger partial charge in [0.15, 0.2) is 28.8 Å². The fourth-order valence-corrected chi connectivity index (χ4v) is 6.58. The van der Waals surface area contributed by atoms with Gasteiger partial charge >= 0.3 is 5.97 Å². The minimum atomic E-state index is -0.583. The molecule has 43 heavy (non-hydrogen) atoms. The van der Waals surface area contributed by atoms with E-state index in [9.17, 15) is 9.59 Å². The van der Waals surface area contributed by atoms with Crippen LogP contribution in [-0.4, -0.2) is 45.8 Å². The number of hydrogen-bond donors (Lipinski definition) is 1. The number of benzene rings is 2. The smallest absolute Gasteiger partial charge is 0.337 e. The van der Waals surface area contributed by atoms with Crippen molar-refractivity contribution in [2.45, 2.75) is 83.2 Å². The van der Waals surface area contributed by atoms with Gasteiger partial charge in [0, 0.05) is 29.3 Å². The molecular weight excluding hydrogens is 546 g/mol. The average Bonchev–Trinajstić information content (AvgIpc) is 3.02. The van der Waals surface area contributed by atoms with Gasteiger partial charge in [-0.3, -0.25) is 4.79 Å². The van der Waals surface area contributed by atoms with Gasteiger partial charge in [-0.05, 0) is 86.8 Å². The molecule has 3 aliphatic rings. The van der Waals surface area contributed by atoms with E-state index in [0.717, 1.165) is 55.3 Å². The first-order valence-corrected chi connectivity index (χ1v) is 15.4. The number of nitrogens with one attached hydrogen (secondary N) is 1. The summed E-state index contributed by atoms with van der Waals surface area (Å²) in [6.45, 7) is 4.51. The molecule has 1 heterocycles. The van der Waals surface area contributed by atoms with Gasteiger partial charge in [-0.2, -0.15) is 0 Å². The molecule has 8 nitrogen and oxygen atoms in total. The van der Waals surface area contributed by atoms with Crippen LogP contribution in [0.25, 0.3) is 0 Å². The van der Waals surface area contributed by atoms with Crippen molar-refractivity contribution in [3.8, 4) is 23.0 Å². The van der Waals surface area contributed by atoms with Crippen molar-refractivity contribution < 1.29 is 33.3 Å². The van der Waals surface area contributed by atoms with E-state index in [1.165, 1.54) is 0 Å². The second kappa shape index (κ2) is 13.6. The van der Waals surface area contributed by atoms with Gasteiger partial charge in [0.2, 0.25) is 0 Å². The van der Waals surface area contributed by atoms with Crippen molar-refractivity contribution in [3.05, 3.63) is 70.1 Å². The number of ketones is 1. The molecule has 1 N–H and O–H groups in total. The highest BCUT2D eigenvalue weighted by molar-refractivity contribution is 6.04. The monoisotopic (exact) mass is 589 g/mol. The minimum absolute atomic E-state index is 0.000669. The predicted molar refractivity (Wildman–Crippen MR) is 164 cm³/mol. The highest BCUT2D eigenvalue weighted by Crippen LogP contribution is 2.48. The molecule has 0 saturated heterocycles. The number of carbonyl (C=O) groups excluding carboxylic acids is 2. The first-order valence-electron chi connectivity index (χ1n) is 15.4. The third-order valence-electron chi connectivity index (χ3n) is 8.74. The van der Waals surface area contributed by atoms with Crippen LogP contribution in [0.15, 0.2) is 58.9 Å². The summed E-state index contributed by atoms with van der Waals surface area (Å²) in [4.78, 5) is 28.0. The van der Waals surface area contributed by atoms with Crippen molar-refractivity contribution in [1.82, 2.24) is 5.32 Å². The van der Waals surface area contributed by atoms with Crippen LogP contribution < -0.4 is 24.3 Å². The number of rotatable bonds is 10. The lowest BCUT2D eigenvalue weighted by atomic mass is 9.71. The number of carbonyl (C=O) groups is 2. The zero-order valence-electron chi connectivity index (χ0n) is 25.9. The second-order valence-electron chi connectivity index (χ2n) is 11.6. The summed E-state index contributed by atoms with van der Waals surface area (Å²) in [5, 5.41) is 3.46. The Hall–Kier alpha value is -3.94. The van der Waals surface area contributed by atoms with Gasteiger partial charge in [-0.1, -0.05) is 25.5 Å². The maximum Gasteiger partial charge on any atom is 0.337 e. The molecule has 5 rings (SSSR count). The largest absolute Gasteiger partial charge is 0.493 e. The normalized spacial score (nSPS) is 20.7. The third kappa shape index (κ3) is 6.38. The molecule has 1 saturated carbocycles. The Balaban J connectivity index is 1.54. The molecule has 1 fully saturated rings. The van der Waals surface area contributed by atoms with Crippen LogP contribution in [0.1, 0.15) is 88.2 Å². The highest BCUT2D eigenvalue weighted by Gasteiger charge is 2.42. The van der Waals surface area contributed by atoms with Crippen LogP contribution in [0.3, 0.4) is 0 Å². The van der Waals surface area contributed by atoms with Gasteiger partial charge in [0.25, 0.3) is 0 Å². The zero-order chi connectivity index (χ0) is 30.5. The summed E-state index contributed by atoms with van der Waals surface area (Å²) in [5.74, 6) is 1.46. The summed E-state index contributed by atoms with van der Waals surface area (Å²) in [6, 6.07) is 11.5. The van der Waals surface area contributed by atoms with E-state index in [2.05, 4.69) is 5.32 Å². The van der Waals surface area contributed by atoms with E-state index in [4.69, 9.17) is 23.7 Å². The van der Waals surface area contributed by atoms with E-state index in [-0.39, 0.29) is 23.8 Å². The Morgan fingerprint density at radius 1 is 0.860 bits per heavy atom. The second-order valence-corrected chi connectivity index (χ2v) is 11.6. The summed E-state index contributed by atoms with van der Waals surface area (Å²) in [7, 11) is 4.81. The molecule has 0 radical (unpaired) electrons. The fourth-order valence-electron chi connectivity index (χ4n) is 6.58. The average molecular weight is 590 g/mol. The Kier molecular flexibility index (Phi) is 9.63. The number of allylic oxidation sites excluding steroid dienone is 3. The molecule has 2 aromatic rings. The van der Waals surface area contributed by atoms with E-state index in [1.807, 2.05) is 50.2 Å². The van der Waals surface area contributed by atoms with Crippen LogP contribution in [-0.2, 0) is 14.3 Å². The van der Waals surface area contributed by atoms with Crippen molar-refractivity contribution in [1.29, 1.82) is 0 Å². The van der Waals surface area contributed by atoms with Crippen molar-refractivity contribution in [2.75, 3.05) is 27.9 Å². The van der Waals surface area contributed by atoms with Crippen LogP contribution in [0, 0.1) is 0 Å². The predicted octanol–water partition coefficient (Wildman–Crippen LogP) is 6.74. The molecule has 2 atom stereocenters. The molecule has 8 heteroatoms. The standard InChI is InChI=1S/C35H43NO7/c1-6-16-42-29-15-13-23(20-31(29)41-5)33-32(35(38)43-25-10-8-7-9-11-25)21(2)36-26-17-24(18-27(37)34(26)33)22-12-14-28(39-3)30(19-22)40-4/h12-15,19-20,24-25,33,36H,6-11,16-18H2,1-5H3/t24-,33+/m1/s1. The van der Waals surface area contributed by atoms with Crippen LogP contribution >= 0.6 is 0 Å². The van der Waals surface area contributed by atoms with Gasteiger partial charge in [-0.25, -0.2) is 4.79 Å². The highest BCUT2D eigenvalue weighted by atomic mass is 16.5. The maximum absolute atomic E-state index is 14.1. The summed E-state index contributed by atoms with van der Waals surface area (Å²) in [6.07, 6.45) is 6.70. The molecule has 0 amide bonds. The number of Topliss-reactive ketones (excluding diaryl/α,β-unsaturated/α-hetero) is 1. The Bertz CT molecular complexity index is 1420. The summed E-state index contributed by atoms with van der Waals surface area (Å²) in [5.41, 5.74) is 4.42. The van der Waals surface area contributed by atoms with Gasteiger partial charge in [0.05, 0.1) is 33.5 Å². The SMILES string of the molecule is CCCOc1ccc([C@H]2C(C(=O)OC3CCCCC3)=C(C)NC3=C2C(=O)C[C@H](c2ccc(OC)c(OC)c2)C3)cc1OC. The summed E-state index contributed by atoms with van der Waals surface area (Å²) < 4.78 is 28.6. The lowest BCUT2D eigenvalue weighted by Crippen LogP contribution is -2.37. The Morgan fingerprint density at radius 3 is 2.21 bits per heavy atom. The number of esters is 1. The van der Waals surface area contributed by atoms with Crippen molar-refractivity contribution >= 4 is 11.8 Å². The molecule has 230 valence electrons. The molecule has 0 spiro atoms. The maximum atomic E-state index is 14.1. The van der Waals surface area contributed by atoms with E-state index < -0.39 is 5.92 Å². The number of hydrogen-bond acceptors (Lipinski definition) is 8. The number of ether oxygens (including phenoxy) is 5. The van der Waals surface area contributed by atoms with Crippen molar-refractivity contribution in [3.63, 3.8) is 0 Å². The van der Waals surface area contributed by atoms with Crippen LogP contribution in [0.2, 0.25) is 0 Å². The van der Waals surface area contributed by atoms with Crippen LogP contribution in [0.4, 0.5) is 0 Å². The zero-order valence-corrected chi connectivity index (χ0v) is 25.9. The molecule has 2 aliphatic carbocycles. The lowest BCUT2D eigenvalue weighted by molar-refractivity contribution is -0.146. The van der Waals surface area contributed by atoms with Crippen LogP contribution in [0.5, 0.6) is 23.0 Å². The topological polar surface area (TPSA) is 92.3 Å². The molecule has 0 unspecified atom stereocenters. The fraction of sp³-hybridized carbons (Fsp3) is 0.486. The van der Waals surface area contributed by atoms with Gasteiger partial charge < -0.3 is 29.0 Å². The summed E-state index contributed by atoms with van der Waals surface area (Å²) >= 11 is 0. The van der Waals surface area contributed by atoms with E-state index >= 15 is 0 Å². The Labute approximate surface area is 254 Å². The van der Waals surface area contributed by atoms with E-state index in [1.54, 1.807) is 21.3 Å². The molecular formula is C35H43NO7. The van der Waals surface area contributed by atoms with Gasteiger partial charge in [0.1, 0.15) is 6.10 Å². The lowest BCUT2D eigenvalue weighted by Gasteiger charge is -2.37. The third-order valence-corrected chi connectivity index (χ3v) is 8.74. The molecule has 2 aromatic carbocycles. The first kappa shape index (κ1) is 30.5. The minimum Gasteiger partial charge on any atom is -0.493 e. The number of methoxy groups -OCH3 is 3. The van der Waals surface area contributed by atoms with E-state index in [0.29, 0.717) is 59.3 Å². The Morgan fingerprint density at radius 2 is 1.51 bits per heavy atom. The number of dihydropyridines is 1. The van der Waals surface area contributed by atoms with Crippen molar-refractivity contribution in [2.24, 2.45) is 0 Å². The molecule has 0 bridgehead atoms. The molecule has 1 aliphatic heterocycles.